The van der Waals surface area contributed by atoms with Crippen LogP contribution in [0.3, 0.4) is 0 Å². The van der Waals surface area contributed by atoms with Gasteiger partial charge in [-0.15, -0.1) is 12.4 Å². The van der Waals surface area contributed by atoms with E-state index >= 15 is 0 Å². The molecule has 0 fully saturated rings. The number of halogens is 1. The quantitative estimate of drug-likeness (QED) is 0.676. The standard InChI is InChI=1S/C8H21NO2Si.ClH/c1-4-10-12(3,11-5-2)8-6-7-9;/h4-9H2,1-3H3;1H. The van der Waals surface area contributed by atoms with Crippen molar-refractivity contribution in [2.45, 2.75) is 32.9 Å². The Balaban J connectivity index is 0. The maximum Gasteiger partial charge on any atom is 0.334 e. The van der Waals surface area contributed by atoms with Crippen molar-refractivity contribution in [1.82, 2.24) is 0 Å². The van der Waals surface area contributed by atoms with Gasteiger partial charge in [0, 0.05) is 13.2 Å². The van der Waals surface area contributed by atoms with Gasteiger partial charge in [0.2, 0.25) is 0 Å². The lowest BCUT2D eigenvalue weighted by atomic mass is 10.5. The highest BCUT2D eigenvalue weighted by Gasteiger charge is 2.29. The van der Waals surface area contributed by atoms with Crippen molar-refractivity contribution in [3.63, 3.8) is 0 Å². The first-order valence-corrected chi connectivity index (χ1v) is 7.19. The summed E-state index contributed by atoms with van der Waals surface area (Å²) in [5, 5.41) is 0. The third-order valence-electron chi connectivity index (χ3n) is 1.73. The normalized spacial score (nSPS) is 11.1. The lowest BCUT2D eigenvalue weighted by Crippen LogP contribution is -2.39. The summed E-state index contributed by atoms with van der Waals surface area (Å²) in [6.45, 7) is 8.33. The predicted octanol–water partition coefficient (Wildman–Crippen LogP) is 1.90. The smallest absolute Gasteiger partial charge is 0.334 e. The highest BCUT2D eigenvalue weighted by molar-refractivity contribution is 6.66. The molecule has 0 atom stereocenters. The van der Waals surface area contributed by atoms with E-state index in [1.807, 2.05) is 13.8 Å². The van der Waals surface area contributed by atoms with Crippen LogP contribution in [0.15, 0.2) is 0 Å². The van der Waals surface area contributed by atoms with Crippen molar-refractivity contribution < 1.29 is 8.85 Å². The molecule has 82 valence electrons. The SMILES string of the molecule is CCO[Si](C)(CCCN)OCC.Cl. The Kier molecular flexibility index (Phi) is 10.9. The van der Waals surface area contributed by atoms with Gasteiger partial charge in [-0.05, 0) is 39.4 Å². The summed E-state index contributed by atoms with van der Waals surface area (Å²) in [6.07, 6.45) is 1.00. The molecule has 0 saturated carbocycles. The molecule has 2 N–H and O–H groups in total. The summed E-state index contributed by atoms with van der Waals surface area (Å²) in [6, 6.07) is 1.01. The molecule has 0 aliphatic carbocycles. The Morgan fingerprint density at radius 2 is 1.62 bits per heavy atom. The number of rotatable bonds is 7. The van der Waals surface area contributed by atoms with Gasteiger partial charge in [0.15, 0.2) is 0 Å². The molecule has 3 nitrogen and oxygen atoms in total. The van der Waals surface area contributed by atoms with Crippen LogP contribution in [0, 0.1) is 0 Å². The van der Waals surface area contributed by atoms with Crippen molar-refractivity contribution in [3.05, 3.63) is 0 Å². The minimum absolute atomic E-state index is 0. The van der Waals surface area contributed by atoms with Gasteiger partial charge in [0.05, 0.1) is 0 Å². The summed E-state index contributed by atoms with van der Waals surface area (Å²) in [4.78, 5) is 0. The molecule has 0 aromatic carbocycles. The second-order valence-corrected chi connectivity index (χ2v) is 6.24. The van der Waals surface area contributed by atoms with Gasteiger partial charge in [0.25, 0.3) is 0 Å². The fourth-order valence-electron chi connectivity index (χ4n) is 1.22. The van der Waals surface area contributed by atoms with Gasteiger partial charge < -0.3 is 14.6 Å². The van der Waals surface area contributed by atoms with E-state index in [0.29, 0.717) is 0 Å². The molecule has 0 spiro atoms. The van der Waals surface area contributed by atoms with E-state index in [-0.39, 0.29) is 12.4 Å². The molecule has 0 aromatic rings. The van der Waals surface area contributed by atoms with Crippen molar-refractivity contribution in [2.75, 3.05) is 19.8 Å². The fourth-order valence-corrected chi connectivity index (χ4v) is 3.66. The zero-order valence-corrected chi connectivity index (χ0v) is 10.7. The van der Waals surface area contributed by atoms with Gasteiger partial charge in [-0.3, -0.25) is 0 Å². The summed E-state index contributed by atoms with van der Waals surface area (Å²) in [5.74, 6) is 0. The van der Waals surface area contributed by atoms with E-state index in [2.05, 4.69) is 6.55 Å². The number of nitrogens with two attached hydrogens (primary N) is 1. The van der Waals surface area contributed by atoms with E-state index in [9.17, 15) is 0 Å². The van der Waals surface area contributed by atoms with Crippen LogP contribution >= 0.6 is 12.4 Å². The van der Waals surface area contributed by atoms with Gasteiger partial charge in [-0.25, -0.2) is 0 Å². The lowest BCUT2D eigenvalue weighted by Gasteiger charge is -2.25. The fraction of sp³-hybridized carbons (Fsp3) is 1.00. The van der Waals surface area contributed by atoms with Crippen molar-refractivity contribution >= 4 is 21.0 Å². The van der Waals surface area contributed by atoms with Gasteiger partial charge in [-0.2, -0.15) is 0 Å². The molecular weight excluding hydrogens is 206 g/mol. The average Bonchev–Trinajstić information content (AvgIpc) is 2.02. The maximum absolute atomic E-state index is 5.63. The summed E-state index contributed by atoms with van der Waals surface area (Å²) in [7, 11) is -1.85. The van der Waals surface area contributed by atoms with E-state index in [1.54, 1.807) is 0 Å². The molecule has 13 heavy (non-hydrogen) atoms. The van der Waals surface area contributed by atoms with Gasteiger partial charge in [-0.1, -0.05) is 0 Å². The monoisotopic (exact) mass is 227 g/mol. The molecular formula is C8H22ClNO2Si. The first-order valence-electron chi connectivity index (χ1n) is 4.66. The molecule has 0 aliphatic heterocycles. The number of hydrogen-bond acceptors (Lipinski definition) is 3. The zero-order valence-electron chi connectivity index (χ0n) is 8.84. The Bertz CT molecular complexity index is 110. The van der Waals surface area contributed by atoms with E-state index in [0.717, 1.165) is 32.2 Å². The molecule has 0 amide bonds. The van der Waals surface area contributed by atoms with Gasteiger partial charge >= 0.3 is 8.56 Å². The minimum atomic E-state index is -1.85. The molecule has 0 aromatic heterocycles. The van der Waals surface area contributed by atoms with Crippen LogP contribution in [-0.4, -0.2) is 28.3 Å². The largest absolute Gasteiger partial charge is 0.395 e. The second kappa shape index (κ2) is 8.96. The molecule has 0 radical (unpaired) electrons. The summed E-state index contributed by atoms with van der Waals surface area (Å²) < 4.78 is 11.3. The Morgan fingerprint density at radius 1 is 1.15 bits per heavy atom. The highest BCUT2D eigenvalue weighted by Crippen LogP contribution is 2.14. The first-order chi connectivity index (χ1) is 5.68. The highest BCUT2D eigenvalue weighted by atomic mass is 35.5. The van der Waals surface area contributed by atoms with Crippen LogP contribution in [0.5, 0.6) is 0 Å². The summed E-state index contributed by atoms with van der Waals surface area (Å²) >= 11 is 0. The van der Waals surface area contributed by atoms with E-state index < -0.39 is 8.56 Å². The van der Waals surface area contributed by atoms with Crippen LogP contribution in [0.1, 0.15) is 20.3 Å². The van der Waals surface area contributed by atoms with E-state index in [4.69, 9.17) is 14.6 Å². The van der Waals surface area contributed by atoms with Crippen LogP contribution in [0.25, 0.3) is 0 Å². The molecule has 0 bridgehead atoms. The van der Waals surface area contributed by atoms with Crippen molar-refractivity contribution in [2.24, 2.45) is 5.73 Å². The third kappa shape index (κ3) is 7.46. The minimum Gasteiger partial charge on any atom is -0.395 e. The molecule has 5 heteroatoms. The molecule has 0 unspecified atom stereocenters. The molecule has 0 aliphatic rings. The Hall–Kier alpha value is 0.387. The topological polar surface area (TPSA) is 44.5 Å². The Morgan fingerprint density at radius 3 is 1.92 bits per heavy atom. The Labute approximate surface area is 88.6 Å². The first kappa shape index (κ1) is 15.8. The van der Waals surface area contributed by atoms with Gasteiger partial charge in [0.1, 0.15) is 0 Å². The molecule has 0 rings (SSSR count). The lowest BCUT2D eigenvalue weighted by molar-refractivity contribution is 0.188. The van der Waals surface area contributed by atoms with Crippen LogP contribution in [0.2, 0.25) is 12.6 Å². The number of hydrogen-bond donors (Lipinski definition) is 1. The van der Waals surface area contributed by atoms with Crippen molar-refractivity contribution in [1.29, 1.82) is 0 Å². The third-order valence-corrected chi connectivity index (χ3v) is 4.79. The zero-order chi connectivity index (χ0) is 9.45. The maximum atomic E-state index is 5.63. The van der Waals surface area contributed by atoms with E-state index in [1.165, 1.54) is 0 Å². The van der Waals surface area contributed by atoms with Crippen molar-refractivity contribution in [3.8, 4) is 0 Å². The van der Waals surface area contributed by atoms with Crippen LogP contribution in [-0.2, 0) is 8.85 Å². The second-order valence-electron chi connectivity index (χ2n) is 2.89. The van der Waals surface area contributed by atoms with Crippen LogP contribution in [0.4, 0.5) is 0 Å². The summed E-state index contributed by atoms with van der Waals surface area (Å²) in [5.41, 5.74) is 5.44. The molecule has 0 heterocycles. The predicted molar refractivity (Wildman–Crippen MR) is 60.6 cm³/mol. The van der Waals surface area contributed by atoms with Crippen LogP contribution < -0.4 is 5.73 Å². The average molecular weight is 228 g/mol. The molecule has 0 saturated heterocycles.